The van der Waals surface area contributed by atoms with Gasteiger partial charge in [0.05, 0.1) is 0 Å². The lowest BCUT2D eigenvalue weighted by Crippen LogP contribution is -2.27. The summed E-state index contributed by atoms with van der Waals surface area (Å²) in [6.45, 7) is 13.6. The Morgan fingerprint density at radius 1 is 1.00 bits per heavy atom. The third-order valence-electron chi connectivity index (χ3n) is 3.82. The van der Waals surface area contributed by atoms with Gasteiger partial charge in [-0.05, 0) is 49.4 Å². The van der Waals surface area contributed by atoms with Gasteiger partial charge in [0.25, 0.3) is 0 Å². The monoisotopic (exact) mass is 194 g/mol. The standard InChI is InChI=1S/C14H26/c1-10(2)14(11(3)4)13-8-6-12(5)7-9-13/h10-11,13-14H,5-9H2,1-4H3. The molecule has 0 heterocycles. The molecule has 0 aromatic carbocycles. The van der Waals surface area contributed by atoms with Crippen LogP contribution in [0.2, 0.25) is 0 Å². The third-order valence-corrected chi connectivity index (χ3v) is 3.82. The molecule has 0 saturated heterocycles. The van der Waals surface area contributed by atoms with E-state index in [0.717, 1.165) is 23.7 Å². The molecule has 0 bridgehead atoms. The molecule has 0 radical (unpaired) electrons. The van der Waals surface area contributed by atoms with Crippen LogP contribution in [-0.2, 0) is 0 Å². The maximum Gasteiger partial charge on any atom is -0.0320 e. The second-order valence-corrected chi connectivity index (χ2v) is 5.65. The Hall–Kier alpha value is -0.260. The van der Waals surface area contributed by atoms with Crippen molar-refractivity contribution in [2.45, 2.75) is 53.4 Å². The summed E-state index contributed by atoms with van der Waals surface area (Å²) in [4.78, 5) is 0. The summed E-state index contributed by atoms with van der Waals surface area (Å²) in [7, 11) is 0. The number of allylic oxidation sites excluding steroid dienone is 1. The quantitative estimate of drug-likeness (QED) is 0.573. The van der Waals surface area contributed by atoms with Crippen molar-refractivity contribution in [1.82, 2.24) is 0 Å². The molecule has 1 aliphatic carbocycles. The van der Waals surface area contributed by atoms with E-state index >= 15 is 0 Å². The van der Waals surface area contributed by atoms with Crippen molar-refractivity contribution in [3.05, 3.63) is 12.2 Å². The van der Waals surface area contributed by atoms with Crippen molar-refractivity contribution >= 4 is 0 Å². The Balaban J connectivity index is 2.56. The fourth-order valence-electron chi connectivity index (χ4n) is 3.29. The van der Waals surface area contributed by atoms with Gasteiger partial charge in [0, 0.05) is 0 Å². The molecule has 1 aliphatic rings. The molecule has 0 amide bonds. The Morgan fingerprint density at radius 3 is 1.79 bits per heavy atom. The zero-order valence-electron chi connectivity index (χ0n) is 10.3. The van der Waals surface area contributed by atoms with Crippen molar-refractivity contribution in [2.24, 2.45) is 23.7 Å². The lowest BCUT2D eigenvalue weighted by molar-refractivity contribution is 0.157. The van der Waals surface area contributed by atoms with E-state index in [2.05, 4.69) is 34.3 Å². The first-order valence-corrected chi connectivity index (χ1v) is 6.19. The van der Waals surface area contributed by atoms with Crippen LogP contribution in [0.1, 0.15) is 53.4 Å². The molecule has 0 heteroatoms. The van der Waals surface area contributed by atoms with Gasteiger partial charge in [-0.15, -0.1) is 0 Å². The molecule has 82 valence electrons. The predicted octanol–water partition coefficient (Wildman–Crippen LogP) is 4.66. The minimum Gasteiger partial charge on any atom is -0.0999 e. The molecule has 1 fully saturated rings. The smallest absolute Gasteiger partial charge is 0.0320 e. The first-order valence-electron chi connectivity index (χ1n) is 6.19. The highest BCUT2D eigenvalue weighted by atomic mass is 14.3. The molecule has 0 aromatic heterocycles. The fourth-order valence-corrected chi connectivity index (χ4v) is 3.29. The average molecular weight is 194 g/mol. The molecule has 0 atom stereocenters. The maximum absolute atomic E-state index is 4.10. The average Bonchev–Trinajstić information content (AvgIpc) is 2.07. The molecular weight excluding hydrogens is 168 g/mol. The SMILES string of the molecule is C=C1CCC(C(C(C)C)C(C)C)CC1. The summed E-state index contributed by atoms with van der Waals surface area (Å²) in [6.07, 6.45) is 5.33. The Labute approximate surface area is 89.8 Å². The van der Waals surface area contributed by atoms with Crippen LogP contribution in [0, 0.1) is 23.7 Å². The number of hydrogen-bond acceptors (Lipinski definition) is 0. The third kappa shape index (κ3) is 2.87. The summed E-state index contributed by atoms with van der Waals surface area (Å²) >= 11 is 0. The van der Waals surface area contributed by atoms with E-state index in [9.17, 15) is 0 Å². The number of hydrogen-bond donors (Lipinski definition) is 0. The Morgan fingerprint density at radius 2 is 1.43 bits per heavy atom. The molecule has 0 aliphatic heterocycles. The van der Waals surface area contributed by atoms with E-state index < -0.39 is 0 Å². The van der Waals surface area contributed by atoms with Crippen LogP contribution in [0.15, 0.2) is 12.2 Å². The van der Waals surface area contributed by atoms with E-state index in [1.54, 1.807) is 0 Å². The Kier molecular flexibility index (Phi) is 4.22. The molecular formula is C14H26. The minimum atomic E-state index is 0.839. The summed E-state index contributed by atoms with van der Waals surface area (Å²) in [5.74, 6) is 3.56. The Bertz CT molecular complexity index is 170. The van der Waals surface area contributed by atoms with Crippen molar-refractivity contribution in [3.8, 4) is 0 Å². The van der Waals surface area contributed by atoms with E-state index in [4.69, 9.17) is 0 Å². The minimum absolute atomic E-state index is 0.839. The molecule has 0 unspecified atom stereocenters. The van der Waals surface area contributed by atoms with Crippen molar-refractivity contribution in [2.75, 3.05) is 0 Å². The van der Waals surface area contributed by atoms with Crippen LogP contribution in [-0.4, -0.2) is 0 Å². The van der Waals surface area contributed by atoms with Gasteiger partial charge in [0.2, 0.25) is 0 Å². The van der Waals surface area contributed by atoms with Gasteiger partial charge in [0.15, 0.2) is 0 Å². The molecule has 0 nitrogen and oxygen atoms in total. The normalized spacial score (nSPS) is 20.1. The highest BCUT2D eigenvalue weighted by Gasteiger charge is 2.28. The van der Waals surface area contributed by atoms with Gasteiger partial charge in [-0.25, -0.2) is 0 Å². The number of rotatable bonds is 3. The van der Waals surface area contributed by atoms with E-state index in [1.165, 1.54) is 31.3 Å². The van der Waals surface area contributed by atoms with Crippen molar-refractivity contribution < 1.29 is 0 Å². The molecule has 0 N–H and O–H groups in total. The molecule has 0 spiro atoms. The lowest BCUT2D eigenvalue weighted by Gasteiger charge is -2.36. The first-order chi connectivity index (χ1) is 6.52. The fraction of sp³-hybridized carbons (Fsp3) is 0.857. The van der Waals surface area contributed by atoms with Crippen LogP contribution in [0.4, 0.5) is 0 Å². The highest BCUT2D eigenvalue weighted by molar-refractivity contribution is 4.99. The van der Waals surface area contributed by atoms with Gasteiger partial charge in [-0.3, -0.25) is 0 Å². The second-order valence-electron chi connectivity index (χ2n) is 5.65. The van der Waals surface area contributed by atoms with E-state index in [0.29, 0.717) is 0 Å². The molecule has 0 aromatic rings. The first kappa shape index (κ1) is 11.8. The summed E-state index contributed by atoms with van der Waals surface area (Å²) in [5.41, 5.74) is 1.48. The zero-order valence-corrected chi connectivity index (χ0v) is 10.3. The lowest BCUT2D eigenvalue weighted by atomic mass is 9.69. The zero-order chi connectivity index (χ0) is 10.7. The van der Waals surface area contributed by atoms with Crippen LogP contribution < -0.4 is 0 Å². The maximum atomic E-state index is 4.10. The van der Waals surface area contributed by atoms with Gasteiger partial charge >= 0.3 is 0 Å². The van der Waals surface area contributed by atoms with Crippen LogP contribution in [0.25, 0.3) is 0 Å². The highest BCUT2D eigenvalue weighted by Crippen LogP contribution is 2.39. The largest absolute Gasteiger partial charge is 0.0999 e. The van der Waals surface area contributed by atoms with Gasteiger partial charge in [-0.1, -0.05) is 39.8 Å². The summed E-state index contributed by atoms with van der Waals surface area (Å²) in [6, 6.07) is 0. The van der Waals surface area contributed by atoms with E-state index in [-0.39, 0.29) is 0 Å². The summed E-state index contributed by atoms with van der Waals surface area (Å²) < 4.78 is 0. The molecule has 1 saturated carbocycles. The summed E-state index contributed by atoms with van der Waals surface area (Å²) in [5, 5.41) is 0. The van der Waals surface area contributed by atoms with Gasteiger partial charge in [-0.2, -0.15) is 0 Å². The van der Waals surface area contributed by atoms with E-state index in [1.807, 2.05) is 0 Å². The predicted molar refractivity (Wildman–Crippen MR) is 64.3 cm³/mol. The van der Waals surface area contributed by atoms with Gasteiger partial charge in [0.1, 0.15) is 0 Å². The van der Waals surface area contributed by atoms with Gasteiger partial charge < -0.3 is 0 Å². The van der Waals surface area contributed by atoms with Crippen molar-refractivity contribution in [3.63, 3.8) is 0 Å². The van der Waals surface area contributed by atoms with Crippen molar-refractivity contribution in [1.29, 1.82) is 0 Å². The second kappa shape index (κ2) is 5.00. The topological polar surface area (TPSA) is 0 Å². The molecule has 1 rings (SSSR count). The van der Waals surface area contributed by atoms with Crippen LogP contribution in [0.3, 0.4) is 0 Å². The molecule has 14 heavy (non-hydrogen) atoms. The van der Waals surface area contributed by atoms with Crippen LogP contribution >= 0.6 is 0 Å². The van der Waals surface area contributed by atoms with Crippen LogP contribution in [0.5, 0.6) is 0 Å².